The lowest BCUT2D eigenvalue weighted by atomic mass is 10.2. The van der Waals surface area contributed by atoms with E-state index in [1.54, 1.807) is 0 Å². The van der Waals surface area contributed by atoms with Crippen LogP contribution in [-0.2, 0) is 27.5 Å². The molecule has 2 aromatic rings. The van der Waals surface area contributed by atoms with Crippen LogP contribution in [0.5, 0.6) is 0 Å². The summed E-state index contributed by atoms with van der Waals surface area (Å²) in [4.78, 5) is 11.8. The molecule has 0 spiro atoms. The third-order valence-electron chi connectivity index (χ3n) is 3.14. The number of esters is 1. The van der Waals surface area contributed by atoms with E-state index >= 15 is 0 Å². The number of hydrogen-bond acceptors (Lipinski definition) is 3. The van der Waals surface area contributed by atoms with Crippen molar-refractivity contribution in [2.75, 3.05) is 0 Å². The molecule has 1 atom stereocenters. The third kappa shape index (κ3) is 5.88. The molecule has 2 rings (SSSR count). The van der Waals surface area contributed by atoms with Crippen molar-refractivity contribution in [3.8, 4) is 0 Å². The van der Waals surface area contributed by atoms with Gasteiger partial charge in [0.2, 0.25) is 0 Å². The number of hydrogen-bond donors (Lipinski definition) is 0. The maximum atomic E-state index is 11.8. The normalized spacial score (nSPS) is 11.9. The van der Waals surface area contributed by atoms with E-state index in [-0.39, 0.29) is 18.5 Å². The van der Waals surface area contributed by atoms with Crippen molar-refractivity contribution < 1.29 is 14.3 Å². The third-order valence-corrected chi connectivity index (χ3v) is 3.40. The molecule has 0 saturated carbocycles. The highest BCUT2D eigenvalue weighted by molar-refractivity contribution is 6.30. The molecule has 0 saturated heterocycles. The molecular weight excluding hydrogens is 300 g/mol. The molecule has 116 valence electrons. The monoisotopic (exact) mass is 318 g/mol. The second kappa shape index (κ2) is 8.57. The predicted molar refractivity (Wildman–Crippen MR) is 86.6 cm³/mol. The van der Waals surface area contributed by atoms with Crippen LogP contribution in [0.2, 0.25) is 5.02 Å². The number of carbonyl (C=O) groups excluding carboxylic acids is 1. The fourth-order valence-electron chi connectivity index (χ4n) is 1.91. The van der Waals surface area contributed by atoms with Crippen molar-refractivity contribution in [2.45, 2.75) is 32.7 Å². The molecule has 1 unspecified atom stereocenters. The molecule has 4 heteroatoms. The van der Waals surface area contributed by atoms with Crippen LogP contribution >= 0.6 is 11.6 Å². The summed E-state index contributed by atoms with van der Waals surface area (Å²) >= 11 is 5.83. The van der Waals surface area contributed by atoms with Crippen LogP contribution in [0.1, 0.15) is 24.5 Å². The van der Waals surface area contributed by atoms with Crippen molar-refractivity contribution in [1.82, 2.24) is 0 Å². The van der Waals surface area contributed by atoms with Gasteiger partial charge in [-0.25, -0.2) is 0 Å². The van der Waals surface area contributed by atoms with E-state index in [0.717, 1.165) is 11.1 Å². The zero-order valence-corrected chi connectivity index (χ0v) is 13.3. The van der Waals surface area contributed by atoms with Crippen LogP contribution in [0.15, 0.2) is 54.6 Å². The minimum absolute atomic E-state index is 0.195. The van der Waals surface area contributed by atoms with E-state index in [1.807, 2.05) is 61.5 Å². The first kappa shape index (κ1) is 16.5. The van der Waals surface area contributed by atoms with Crippen molar-refractivity contribution in [3.63, 3.8) is 0 Å². The summed E-state index contributed by atoms with van der Waals surface area (Å²) in [7, 11) is 0. The Bertz CT molecular complexity index is 581. The molecule has 2 aromatic carbocycles. The van der Waals surface area contributed by atoms with Gasteiger partial charge in [0.1, 0.15) is 6.61 Å². The summed E-state index contributed by atoms with van der Waals surface area (Å²) in [5, 5.41) is 0.696. The van der Waals surface area contributed by atoms with Gasteiger partial charge >= 0.3 is 5.97 Å². The van der Waals surface area contributed by atoms with E-state index in [1.165, 1.54) is 0 Å². The molecule has 0 aliphatic rings. The SMILES string of the molecule is CC(CC(=O)OCc1ccccc1)OCc1ccc(Cl)cc1. The lowest BCUT2D eigenvalue weighted by Crippen LogP contribution is -2.16. The summed E-state index contributed by atoms with van der Waals surface area (Å²) in [6, 6.07) is 17.1. The maximum Gasteiger partial charge on any atom is 0.308 e. The molecule has 0 N–H and O–H groups in total. The van der Waals surface area contributed by atoms with Gasteiger partial charge in [0, 0.05) is 5.02 Å². The van der Waals surface area contributed by atoms with Crippen LogP contribution in [0.3, 0.4) is 0 Å². The average molecular weight is 319 g/mol. The first-order valence-electron chi connectivity index (χ1n) is 7.19. The molecule has 0 amide bonds. The van der Waals surface area contributed by atoms with Crippen molar-refractivity contribution >= 4 is 17.6 Å². The fourth-order valence-corrected chi connectivity index (χ4v) is 2.04. The van der Waals surface area contributed by atoms with Crippen LogP contribution < -0.4 is 0 Å². The standard InChI is InChI=1S/C18H19ClO3/c1-14(21-12-16-7-9-17(19)10-8-16)11-18(20)22-13-15-5-3-2-4-6-15/h2-10,14H,11-13H2,1H3. The van der Waals surface area contributed by atoms with Crippen LogP contribution in [0.25, 0.3) is 0 Å². The Kier molecular flexibility index (Phi) is 6.44. The Morgan fingerprint density at radius 3 is 2.32 bits per heavy atom. The van der Waals surface area contributed by atoms with Crippen molar-refractivity contribution in [1.29, 1.82) is 0 Å². The molecule has 0 aromatic heterocycles. The van der Waals surface area contributed by atoms with E-state index < -0.39 is 0 Å². The minimum atomic E-state index is -0.257. The van der Waals surface area contributed by atoms with Gasteiger partial charge in [0.25, 0.3) is 0 Å². The first-order chi connectivity index (χ1) is 10.6. The van der Waals surface area contributed by atoms with Crippen molar-refractivity contribution in [3.05, 3.63) is 70.7 Å². The molecule has 3 nitrogen and oxygen atoms in total. The van der Waals surface area contributed by atoms with Gasteiger partial charge in [-0.1, -0.05) is 54.1 Å². The molecule has 0 aliphatic heterocycles. The summed E-state index contributed by atoms with van der Waals surface area (Å²) in [5.41, 5.74) is 2.00. The topological polar surface area (TPSA) is 35.5 Å². The van der Waals surface area contributed by atoms with Gasteiger partial charge in [-0.3, -0.25) is 4.79 Å². The van der Waals surface area contributed by atoms with E-state index in [2.05, 4.69) is 0 Å². The maximum absolute atomic E-state index is 11.8. The molecule has 0 fully saturated rings. The molecule has 0 aliphatic carbocycles. The van der Waals surface area contributed by atoms with E-state index in [9.17, 15) is 4.79 Å². The second-order valence-electron chi connectivity index (χ2n) is 5.10. The molecule has 0 bridgehead atoms. The Morgan fingerprint density at radius 1 is 1.00 bits per heavy atom. The van der Waals surface area contributed by atoms with Gasteiger partial charge in [0.05, 0.1) is 19.1 Å². The van der Waals surface area contributed by atoms with E-state index in [0.29, 0.717) is 18.2 Å². The van der Waals surface area contributed by atoms with Crippen LogP contribution in [0.4, 0.5) is 0 Å². The van der Waals surface area contributed by atoms with Gasteiger partial charge in [-0.05, 0) is 30.2 Å². The van der Waals surface area contributed by atoms with Crippen molar-refractivity contribution in [2.24, 2.45) is 0 Å². The molecule has 0 heterocycles. The summed E-state index contributed by atoms with van der Waals surface area (Å²) in [5.74, 6) is -0.257. The first-order valence-corrected chi connectivity index (χ1v) is 7.57. The molecular formula is C18H19ClO3. The minimum Gasteiger partial charge on any atom is -0.461 e. The summed E-state index contributed by atoms with van der Waals surface area (Å²) < 4.78 is 10.9. The van der Waals surface area contributed by atoms with Gasteiger partial charge in [0.15, 0.2) is 0 Å². The van der Waals surface area contributed by atoms with Gasteiger partial charge in [-0.15, -0.1) is 0 Å². The molecule has 22 heavy (non-hydrogen) atoms. The number of ether oxygens (including phenoxy) is 2. The van der Waals surface area contributed by atoms with Crippen LogP contribution in [-0.4, -0.2) is 12.1 Å². The highest BCUT2D eigenvalue weighted by Gasteiger charge is 2.11. The smallest absolute Gasteiger partial charge is 0.308 e. The predicted octanol–water partition coefficient (Wildman–Crippen LogP) is 4.38. The Morgan fingerprint density at radius 2 is 1.64 bits per heavy atom. The quantitative estimate of drug-likeness (QED) is 0.711. The highest BCUT2D eigenvalue weighted by Crippen LogP contribution is 2.12. The average Bonchev–Trinajstić information content (AvgIpc) is 2.53. The largest absolute Gasteiger partial charge is 0.461 e. The lowest BCUT2D eigenvalue weighted by Gasteiger charge is -2.13. The van der Waals surface area contributed by atoms with E-state index in [4.69, 9.17) is 21.1 Å². The highest BCUT2D eigenvalue weighted by atomic mass is 35.5. The number of halogens is 1. The summed E-state index contributed by atoms with van der Waals surface area (Å²) in [6.45, 7) is 2.60. The Balaban J connectivity index is 1.68. The zero-order valence-electron chi connectivity index (χ0n) is 12.5. The lowest BCUT2D eigenvalue weighted by molar-refractivity contribution is -0.148. The van der Waals surface area contributed by atoms with Crippen LogP contribution in [0, 0.1) is 0 Å². The second-order valence-corrected chi connectivity index (χ2v) is 5.53. The van der Waals surface area contributed by atoms with Gasteiger partial charge in [-0.2, -0.15) is 0 Å². The number of benzene rings is 2. The summed E-state index contributed by atoms with van der Waals surface area (Å²) in [6.07, 6.45) is 0.0411. The fraction of sp³-hybridized carbons (Fsp3) is 0.278. The Hall–Kier alpha value is -1.84. The number of rotatable bonds is 7. The Labute approximate surface area is 135 Å². The zero-order chi connectivity index (χ0) is 15.8. The van der Waals surface area contributed by atoms with Gasteiger partial charge < -0.3 is 9.47 Å². The number of carbonyl (C=O) groups is 1. The molecule has 0 radical (unpaired) electrons.